The number of carbonyl (C=O) groups is 2. The highest BCUT2D eigenvalue weighted by Crippen LogP contribution is 2.32. The van der Waals surface area contributed by atoms with Gasteiger partial charge in [-0.3, -0.25) is 9.59 Å². The van der Waals surface area contributed by atoms with Gasteiger partial charge in [-0.1, -0.05) is 19.3 Å². The minimum Gasteiger partial charge on any atom is -0.369 e. The summed E-state index contributed by atoms with van der Waals surface area (Å²) in [6.45, 7) is 2.18. The van der Waals surface area contributed by atoms with Crippen LogP contribution in [-0.2, 0) is 9.59 Å². The van der Waals surface area contributed by atoms with E-state index in [2.05, 4.69) is 11.4 Å². The van der Waals surface area contributed by atoms with Crippen LogP contribution in [0.2, 0.25) is 0 Å². The predicted molar refractivity (Wildman–Crippen MR) is 87.1 cm³/mol. The van der Waals surface area contributed by atoms with Gasteiger partial charge in [0.2, 0.25) is 11.8 Å². The van der Waals surface area contributed by atoms with E-state index >= 15 is 0 Å². The van der Waals surface area contributed by atoms with Gasteiger partial charge in [0.1, 0.15) is 5.92 Å². The minimum absolute atomic E-state index is 0.0848. The molecule has 0 spiro atoms. The lowest BCUT2D eigenvalue weighted by molar-refractivity contribution is -0.145. The van der Waals surface area contributed by atoms with Gasteiger partial charge in [-0.15, -0.1) is 0 Å². The molecular formula is C17H28N4O2. The maximum absolute atomic E-state index is 13.1. The van der Waals surface area contributed by atoms with Crippen molar-refractivity contribution in [2.45, 2.75) is 57.4 Å². The van der Waals surface area contributed by atoms with Crippen LogP contribution in [0.1, 0.15) is 51.4 Å². The molecule has 6 heteroatoms. The SMILES string of the molecule is N#CCCCN(C(=O)C(C(N)=O)C1CCCCC1)C1CCNC1. The van der Waals surface area contributed by atoms with Crippen LogP contribution in [0.5, 0.6) is 0 Å². The summed E-state index contributed by atoms with van der Waals surface area (Å²) in [6.07, 6.45) is 7.11. The van der Waals surface area contributed by atoms with E-state index in [1.807, 2.05) is 4.90 Å². The second-order valence-electron chi connectivity index (χ2n) is 6.72. The highest BCUT2D eigenvalue weighted by Gasteiger charge is 2.39. The second kappa shape index (κ2) is 8.88. The molecule has 23 heavy (non-hydrogen) atoms. The quantitative estimate of drug-likeness (QED) is 0.543. The van der Waals surface area contributed by atoms with E-state index in [1.54, 1.807) is 0 Å². The third-order valence-electron chi connectivity index (χ3n) is 5.14. The number of carbonyl (C=O) groups excluding carboxylic acids is 2. The summed E-state index contributed by atoms with van der Waals surface area (Å²) in [6, 6.07) is 2.24. The van der Waals surface area contributed by atoms with Crippen LogP contribution in [0, 0.1) is 23.2 Å². The Labute approximate surface area is 138 Å². The molecule has 1 saturated carbocycles. The van der Waals surface area contributed by atoms with Gasteiger partial charge in [0.25, 0.3) is 0 Å². The van der Waals surface area contributed by atoms with E-state index in [1.165, 1.54) is 6.42 Å². The standard InChI is InChI=1S/C17H28N4O2/c18-9-4-5-11-21(14-8-10-20-12-14)17(23)15(16(19)22)13-6-2-1-3-7-13/h13-15,20H,1-8,10-12H2,(H2,19,22). The van der Waals surface area contributed by atoms with Crippen molar-refractivity contribution in [2.75, 3.05) is 19.6 Å². The normalized spacial score (nSPS) is 23.2. The molecule has 2 rings (SSSR count). The Morgan fingerprint density at radius 2 is 2.00 bits per heavy atom. The summed E-state index contributed by atoms with van der Waals surface area (Å²) < 4.78 is 0. The summed E-state index contributed by atoms with van der Waals surface area (Å²) in [7, 11) is 0. The number of hydrogen-bond donors (Lipinski definition) is 2. The van der Waals surface area contributed by atoms with Crippen LogP contribution in [0.15, 0.2) is 0 Å². The first kappa shape index (κ1) is 17.7. The molecule has 0 aromatic carbocycles. The number of rotatable bonds is 7. The first-order chi connectivity index (χ1) is 11.1. The molecule has 2 unspecified atom stereocenters. The molecule has 2 atom stereocenters. The zero-order valence-electron chi connectivity index (χ0n) is 13.8. The van der Waals surface area contributed by atoms with Crippen molar-refractivity contribution in [3.05, 3.63) is 0 Å². The van der Waals surface area contributed by atoms with Gasteiger partial charge in [-0.2, -0.15) is 5.26 Å². The summed E-state index contributed by atoms with van der Waals surface area (Å²) in [5.74, 6) is -1.21. The zero-order chi connectivity index (χ0) is 16.7. The number of nitrogens with zero attached hydrogens (tertiary/aromatic N) is 2. The summed E-state index contributed by atoms with van der Waals surface area (Å²) in [4.78, 5) is 26.9. The number of nitrogens with one attached hydrogen (secondary N) is 1. The Hall–Kier alpha value is -1.61. The number of primary amides is 1. The Balaban J connectivity index is 2.10. The van der Waals surface area contributed by atoms with Crippen molar-refractivity contribution in [3.63, 3.8) is 0 Å². The highest BCUT2D eigenvalue weighted by molar-refractivity contribution is 6.00. The first-order valence-electron chi connectivity index (χ1n) is 8.82. The average molecular weight is 320 g/mol. The van der Waals surface area contributed by atoms with E-state index in [0.29, 0.717) is 19.4 Å². The molecule has 0 bridgehead atoms. The number of hydrogen-bond acceptors (Lipinski definition) is 4. The van der Waals surface area contributed by atoms with Gasteiger partial charge in [0, 0.05) is 25.6 Å². The third-order valence-corrected chi connectivity index (χ3v) is 5.14. The number of amides is 2. The number of unbranched alkanes of at least 4 members (excludes halogenated alkanes) is 1. The molecule has 1 aliphatic carbocycles. The van der Waals surface area contributed by atoms with E-state index in [0.717, 1.165) is 45.2 Å². The predicted octanol–water partition coefficient (Wildman–Crippen LogP) is 1.16. The van der Waals surface area contributed by atoms with Crippen LogP contribution >= 0.6 is 0 Å². The Bertz CT molecular complexity index is 448. The first-order valence-corrected chi connectivity index (χ1v) is 8.82. The minimum atomic E-state index is -0.696. The van der Waals surface area contributed by atoms with Crippen molar-refractivity contribution >= 4 is 11.8 Å². The average Bonchev–Trinajstić information content (AvgIpc) is 3.06. The fraction of sp³-hybridized carbons (Fsp3) is 0.824. The van der Waals surface area contributed by atoms with Crippen LogP contribution in [0.3, 0.4) is 0 Å². The molecule has 3 N–H and O–H groups in total. The number of nitrogens with two attached hydrogens (primary N) is 1. The lowest BCUT2D eigenvalue weighted by Crippen LogP contribution is -2.50. The second-order valence-corrected chi connectivity index (χ2v) is 6.72. The Kier molecular flexibility index (Phi) is 6.85. The van der Waals surface area contributed by atoms with Crippen LogP contribution in [0.25, 0.3) is 0 Å². The maximum Gasteiger partial charge on any atom is 0.235 e. The van der Waals surface area contributed by atoms with Gasteiger partial charge < -0.3 is 16.0 Å². The molecule has 1 saturated heterocycles. The van der Waals surface area contributed by atoms with Gasteiger partial charge in [-0.25, -0.2) is 0 Å². The van der Waals surface area contributed by atoms with Crippen LogP contribution in [-0.4, -0.2) is 42.4 Å². The Morgan fingerprint density at radius 3 is 2.57 bits per heavy atom. The van der Waals surface area contributed by atoms with Crippen molar-refractivity contribution in [1.82, 2.24) is 10.2 Å². The lowest BCUT2D eigenvalue weighted by Gasteiger charge is -2.35. The lowest BCUT2D eigenvalue weighted by atomic mass is 9.78. The number of nitriles is 1. The van der Waals surface area contributed by atoms with Gasteiger partial charge >= 0.3 is 0 Å². The summed E-state index contributed by atoms with van der Waals surface area (Å²) in [5, 5.41) is 12.0. The molecule has 2 amide bonds. The molecule has 0 aromatic rings. The molecule has 0 aromatic heterocycles. The van der Waals surface area contributed by atoms with Gasteiger partial charge in [0.15, 0.2) is 0 Å². The van der Waals surface area contributed by atoms with Gasteiger partial charge in [0.05, 0.1) is 6.07 Å². The van der Waals surface area contributed by atoms with Crippen molar-refractivity contribution in [3.8, 4) is 6.07 Å². The van der Waals surface area contributed by atoms with Crippen molar-refractivity contribution < 1.29 is 9.59 Å². The fourth-order valence-electron chi connectivity index (χ4n) is 3.91. The van der Waals surface area contributed by atoms with Crippen LogP contribution in [0.4, 0.5) is 0 Å². The monoisotopic (exact) mass is 320 g/mol. The van der Waals surface area contributed by atoms with Crippen LogP contribution < -0.4 is 11.1 Å². The van der Waals surface area contributed by atoms with Crippen molar-refractivity contribution in [2.24, 2.45) is 17.6 Å². The molecule has 128 valence electrons. The third kappa shape index (κ3) is 4.68. The molecule has 1 aliphatic heterocycles. The van der Waals surface area contributed by atoms with Crippen molar-refractivity contribution in [1.29, 1.82) is 5.26 Å². The molecule has 2 aliphatic rings. The van der Waals surface area contributed by atoms with E-state index < -0.39 is 11.8 Å². The zero-order valence-corrected chi connectivity index (χ0v) is 13.8. The van der Waals surface area contributed by atoms with E-state index in [9.17, 15) is 9.59 Å². The largest absolute Gasteiger partial charge is 0.369 e. The molecule has 1 heterocycles. The molecular weight excluding hydrogens is 292 g/mol. The van der Waals surface area contributed by atoms with Gasteiger partial charge in [-0.05, 0) is 38.1 Å². The summed E-state index contributed by atoms with van der Waals surface area (Å²) >= 11 is 0. The maximum atomic E-state index is 13.1. The molecule has 2 fully saturated rings. The van der Waals surface area contributed by atoms with E-state index in [4.69, 9.17) is 11.0 Å². The smallest absolute Gasteiger partial charge is 0.235 e. The fourth-order valence-corrected chi connectivity index (χ4v) is 3.91. The topological polar surface area (TPSA) is 99.2 Å². The highest BCUT2D eigenvalue weighted by atomic mass is 16.2. The molecule has 6 nitrogen and oxygen atoms in total. The molecule has 0 radical (unpaired) electrons. The Morgan fingerprint density at radius 1 is 1.26 bits per heavy atom. The van der Waals surface area contributed by atoms with E-state index in [-0.39, 0.29) is 17.9 Å². The summed E-state index contributed by atoms with van der Waals surface area (Å²) in [5.41, 5.74) is 5.61.